The smallest absolute Gasteiger partial charge is 0.314 e. The molecule has 0 amide bonds. The van der Waals surface area contributed by atoms with Gasteiger partial charge in [-0.15, -0.1) is 0 Å². The predicted octanol–water partition coefficient (Wildman–Crippen LogP) is 2.11. The monoisotopic (exact) mass is 255 g/mol. The van der Waals surface area contributed by atoms with E-state index in [9.17, 15) is 10.1 Å². The predicted molar refractivity (Wildman–Crippen MR) is 64.0 cm³/mol. The maximum atomic E-state index is 10.6. The maximum absolute atomic E-state index is 10.6. The molecule has 2 aromatic rings. The van der Waals surface area contributed by atoms with Gasteiger partial charge in [-0.1, -0.05) is 30.3 Å². The summed E-state index contributed by atoms with van der Waals surface area (Å²) in [4.78, 5) is 24.6. The van der Waals surface area contributed by atoms with E-state index in [0.29, 0.717) is 5.39 Å². The highest BCUT2D eigenvalue weighted by molar-refractivity contribution is 7.30. The molecular formula is C10H10NO5P. The molecule has 2 rings (SSSR count). The first-order valence-corrected chi connectivity index (χ1v) is 5.86. The SMILES string of the molecule is O=[N+]([O-])c1cccc2ccccc12.O=[PH](O)O. The van der Waals surface area contributed by atoms with Crippen molar-refractivity contribution in [1.82, 2.24) is 0 Å². The lowest BCUT2D eigenvalue weighted by atomic mass is 10.1. The van der Waals surface area contributed by atoms with Crippen LogP contribution in [0.3, 0.4) is 0 Å². The standard InChI is InChI=1S/C10H7NO2.H3O3P/c12-11(13)10-7-3-5-8-4-1-2-6-9(8)10;1-4(2)3/h1-7H;4H,(H2,1,2,3). The molecule has 0 saturated carbocycles. The molecule has 6 nitrogen and oxygen atoms in total. The Hall–Kier alpha value is -1.75. The quantitative estimate of drug-likeness (QED) is 0.461. The third-order valence-corrected chi connectivity index (χ3v) is 1.96. The van der Waals surface area contributed by atoms with Crippen LogP contribution in [0.15, 0.2) is 42.5 Å². The minimum absolute atomic E-state index is 0.165. The number of nitro groups is 1. The van der Waals surface area contributed by atoms with E-state index in [1.54, 1.807) is 18.2 Å². The van der Waals surface area contributed by atoms with E-state index in [4.69, 9.17) is 14.4 Å². The lowest BCUT2D eigenvalue weighted by Crippen LogP contribution is -1.88. The fraction of sp³-hybridized carbons (Fsp3) is 0. The summed E-state index contributed by atoms with van der Waals surface area (Å²) in [7, 11) is -3.13. The normalized spacial score (nSPS) is 9.82. The third kappa shape index (κ3) is 3.96. The minimum Gasteiger partial charge on any atom is -0.326 e. The fourth-order valence-corrected chi connectivity index (χ4v) is 1.37. The topological polar surface area (TPSA) is 101 Å². The van der Waals surface area contributed by atoms with Crippen molar-refractivity contribution < 1.29 is 19.3 Å². The summed E-state index contributed by atoms with van der Waals surface area (Å²) >= 11 is 0. The van der Waals surface area contributed by atoms with Gasteiger partial charge in [0.15, 0.2) is 0 Å². The fourth-order valence-electron chi connectivity index (χ4n) is 1.37. The Morgan fingerprint density at radius 3 is 2.18 bits per heavy atom. The highest BCUT2D eigenvalue weighted by atomic mass is 31.1. The van der Waals surface area contributed by atoms with Gasteiger partial charge in [0.1, 0.15) is 0 Å². The van der Waals surface area contributed by atoms with Crippen molar-refractivity contribution in [1.29, 1.82) is 0 Å². The van der Waals surface area contributed by atoms with Crippen molar-refractivity contribution in [2.24, 2.45) is 0 Å². The average molecular weight is 255 g/mol. The van der Waals surface area contributed by atoms with Gasteiger partial charge in [0.2, 0.25) is 0 Å². The van der Waals surface area contributed by atoms with Crippen LogP contribution in [-0.4, -0.2) is 14.7 Å². The van der Waals surface area contributed by atoms with E-state index in [2.05, 4.69) is 0 Å². The van der Waals surface area contributed by atoms with Crippen LogP contribution in [0, 0.1) is 10.1 Å². The lowest BCUT2D eigenvalue weighted by molar-refractivity contribution is -0.383. The maximum Gasteiger partial charge on any atom is 0.314 e. The van der Waals surface area contributed by atoms with Gasteiger partial charge in [-0.2, -0.15) is 0 Å². The second kappa shape index (κ2) is 6.10. The number of nitro benzene ring substituents is 1. The molecule has 0 spiro atoms. The van der Waals surface area contributed by atoms with Crippen molar-refractivity contribution in [2.45, 2.75) is 0 Å². The molecule has 2 aromatic carbocycles. The van der Waals surface area contributed by atoms with Gasteiger partial charge in [0.05, 0.1) is 10.3 Å². The van der Waals surface area contributed by atoms with E-state index >= 15 is 0 Å². The summed E-state index contributed by atoms with van der Waals surface area (Å²) in [6.07, 6.45) is 0. The van der Waals surface area contributed by atoms with Crippen LogP contribution in [-0.2, 0) is 4.57 Å². The molecule has 0 aliphatic heterocycles. The van der Waals surface area contributed by atoms with E-state index < -0.39 is 8.25 Å². The molecule has 0 unspecified atom stereocenters. The first kappa shape index (κ1) is 13.3. The lowest BCUT2D eigenvalue weighted by Gasteiger charge is -1.97. The highest BCUT2D eigenvalue weighted by Gasteiger charge is 2.08. The Labute approximate surface area is 97.2 Å². The number of fused-ring (bicyclic) bond motifs is 1. The zero-order chi connectivity index (χ0) is 12.8. The van der Waals surface area contributed by atoms with Gasteiger partial charge in [-0.05, 0) is 11.5 Å². The number of benzene rings is 2. The highest BCUT2D eigenvalue weighted by Crippen LogP contribution is 2.24. The van der Waals surface area contributed by atoms with E-state index in [1.165, 1.54) is 6.07 Å². The Bertz CT molecular complexity index is 548. The molecule has 7 heteroatoms. The largest absolute Gasteiger partial charge is 0.326 e. The van der Waals surface area contributed by atoms with Crippen LogP contribution in [0.25, 0.3) is 10.8 Å². The first-order chi connectivity index (χ1) is 8.02. The number of hydrogen-bond acceptors (Lipinski definition) is 3. The van der Waals surface area contributed by atoms with Crippen LogP contribution < -0.4 is 0 Å². The number of hydrogen-bond donors (Lipinski definition) is 2. The molecule has 0 heterocycles. The molecule has 0 radical (unpaired) electrons. The van der Waals surface area contributed by atoms with Gasteiger partial charge in [-0.25, -0.2) is 0 Å². The molecule has 17 heavy (non-hydrogen) atoms. The van der Waals surface area contributed by atoms with Gasteiger partial charge in [0, 0.05) is 6.07 Å². The number of non-ortho nitro benzene ring substituents is 1. The summed E-state index contributed by atoms with van der Waals surface area (Å²) in [5, 5.41) is 12.2. The Morgan fingerprint density at radius 2 is 1.59 bits per heavy atom. The van der Waals surface area contributed by atoms with Gasteiger partial charge in [-0.3, -0.25) is 14.7 Å². The molecule has 0 atom stereocenters. The van der Waals surface area contributed by atoms with Crippen molar-refractivity contribution >= 4 is 24.7 Å². The van der Waals surface area contributed by atoms with Crippen LogP contribution >= 0.6 is 8.25 Å². The summed E-state index contributed by atoms with van der Waals surface area (Å²) in [5.74, 6) is 0. The van der Waals surface area contributed by atoms with Gasteiger partial charge in [0.25, 0.3) is 5.69 Å². The zero-order valence-corrected chi connectivity index (χ0v) is 9.61. The van der Waals surface area contributed by atoms with E-state index in [0.717, 1.165) is 5.39 Å². The summed E-state index contributed by atoms with van der Waals surface area (Å²) in [6, 6.07) is 12.4. The third-order valence-electron chi connectivity index (χ3n) is 1.96. The minimum atomic E-state index is -3.13. The summed E-state index contributed by atoms with van der Waals surface area (Å²) in [5.41, 5.74) is 0.165. The molecule has 90 valence electrons. The number of rotatable bonds is 1. The van der Waals surface area contributed by atoms with Crippen molar-refractivity contribution in [3.8, 4) is 0 Å². The summed E-state index contributed by atoms with van der Waals surface area (Å²) < 4.78 is 8.74. The Morgan fingerprint density at radius 1 is 1.06 bits per heavy atom. The van der Waals surface area contributed by atoms with E-state index in [-0.39, 0.29) is 10.6 Å². The van der Waals surface area contributed by atoms with Crippen molar-refractivity contribution in [2.75, 3.05) is 0 Å². The van der Waals surface area contributed by atoms with Crippen LogP contribution in [0.1, 0.15) is 0 Å². The van der Waals surface area contributed by atoms with Crippen molar-refractivity contribution in [3.63, 3.8) is 0 Å². The van der Waals surface area contributed by atoms with Crippen molar-refractivity contribution in [3.05, 3.63) is 52.6 Å². The van der Waals surface area contributed by atoms with Crippen LogP contribution in [0.2, 0.25) is 0 Å². The second-order valence-electron chi connectivity index (χ2n) is 3.04. The number of nitrogens with zero attached hydrogens (tertiary/aromatic N) is 1. The molecule has 0 aliphatic rings. The Balaban J connectivity index is 0.000000317. The van der Waals surface area contributed by atoms with Crippen LogP contribution in [0.5, 0.6) is 0 Å². The zero-order valence-electron chi connectivity index (χ0n) is 8.61. The van der Waals surface area contributed by atoms with Crippen LogP contribution in [0.4, 0.5) is 5.69 Å². The first-order valence-electron chi connectivity index (χ1n) is 4.56. The molecule has 0 bridgehead atoms. The van der Waals surface area contributed by atoms with E-state index in [1.807, 2.05) is 18.2 Å². The average Bonchev–Trinajstić information content (AvgIpc) is 2.27. The Kier molecular flexibility index (Phi) is 4.78. The molecule has 0 aliphatic carbocycles. The second-order valence-corrected chi connectivity index (χ2v) is 3.60. The summed E-state index contributed by atoms with van der Waals surface area (Å²) in [6.45, 7) is 0. The van der Waals surface area contributed by atoms with Gasteiger partial charge >= 0.3 is 8.25 Å². The molecular weight excluding hydrogens is 245 g/mol. The molecule has 2 N–H and O–H groups in total. The molecule has 0 aromatic heterocycles. The molecule has 0 saturated heterocycles. The van der Waals surface area contributed by atoms with Gasteiger partial charge < -0.3 is 9.79 Å². The molecule has 0 fully saturated rings.